The van der Waals surface area contributed by atoms with Crippen LogP contribution in [0.5, 0.6) is 5.75 Å². The van der Waals surface area contributed by atoms with Crippen LogP contribution >= 0.6 is 23.1 Å². The largest absolute Gasteiger partial charge is 0.506 e. The molecule has 0 aliphatic heterocycles. The minimum Gasteiger partial charge on any atom is -0.506 e. The van der Waals surface area contributed by atoms with Crippen LogP contribution in [-0.4, -0.2) is 39.8 Å². The summed E-state index contributed by atoms with van der Waals surface area (Å²) in [6, 6.07) is 3.15. The van der Waals surface area contributed by atoms with Crippen LogP contribution < -0.4 is 10.2 Å². The number of aromatic amines is 1. The number of hydrogen-bond acceptors (Lipinski definition) is 6. The molecule has 21 heavy (non-hydrogen) atoms. The zero-order chi connectivity index (χ0) is 15.2. The lowest BCUT2D eigenvalue weighted by Crippen LogP contribution is -2.23. The Bertz CT molecular complexity index is 639. The molecule has 1 aromatic carbocycles. The summed E-state index contributed by atoms with van der Waals surface area (Å²) in [5, 5.41) is 23.2. The molecular formula is C14H19N2O3S2. The van der Waals surface area contributed by atoms with E-state index in [1.54, 1.807) is 17.8 Å². The van der Waals surface area contributed by atoms with Crippen LogP contribution in [0.1, 0.15) is 18.1 Å². The summed E-state index contributed by atoms with van der Waals surface area (Å²) >= 11 is 2.79. The Morgan fingerprint density at radius 2 is 2.29 bits per heavy atom. The van der Waals surface area contributed by atoms with Gasteiger partial charge in [0.1, 0.15) is 11.3 Å². The first-order valence-corrected chi connectivity index (χ1v) is 8.71. The average Bonchev–Trinajstić information content (AvgIpc) is 2.85. The van der Waals surface area contributed by atoms with Gasteiger partial charge in [0.25, 0.3) is 0 Å². The molecule has 1 atom stereocenters. The quantitative estimate of drug-likeness (QED) is 0.556. The minimum atomic E-state index is -0.708. The Kier molecular flexibility index (Phi) is 6.10. The third-order valence-corrected chi connectivity index (χ3v) is 4.87. The van der Waals surface area contributed by atoms with Crippen LogP contribution in [0.3, 0.4) is 0 Å². The molecule has 0 spiro atoms. The van der Waals surface area contributed by atoms with Gasteiger partial charge in [-0.1, -0.05) is 17.4 Å². The number of aliphatic hydroxyl groups excluding tert-OH is 1. The number of phenolic OH excluding ortho intramolecular Hbond substituents is 1. The molecule has 2 aromatic rings. The smallest absolute Gasteiger partial charge is 0.305 e. The van der Waals surface area contributed by atoms with Crippen LogP contribution in [0.4, 0.5) is 0 Å². The van der Waals surface area contributed by atoms with Gasteiger partial charge < -0.3 is 20.5 Å². The fourth-order valence-corrected chi connectivity index (χ4v) is 3.52. The fraction of sp³-hybridized carbons (Fsp3) is 0.429. The van der Waals surface area contributed by atoms with Crippen molar-refractivity contribution < 1.29 is 10.2 Å². The minimum absolute atomic E-state index is 0.0254. The molecule has 0 unspecified atom stereocenters. The van der Waals surface area contributed by atoms with Crippen molar-refractivity contribution in [1.29, 1.82) is 0 Å². The van der Waals surface area contributed by atoms with E-state index in [1.165, 1.54) is 6.07 Å². The van der Waals surface area contributed by atoms with Crippen molar-refractivity contribution in [2.45, 2.75) is 12.5 Å². The number of rotatable bonds is 8. The second-order valence-electron chi connectivity index (χ2n) is 4.58. The van der Waals surface area contributed by atoms with Crippen LogP contribution in [-0.2, 0) is 0 Å². The van der Waals surface area contributed by atoms with Gasteiger partial charge in [-0.2, -0.15) is 11.8 Å². The molecule has 0 aliphatic rings. The van der Waals surface area contributed by atoms with Crippen LogP contribution in [0.25, 0.3) is 10.2 Å². The molecule has 115 valence electrons. The first-order chi connectivity index (χ1) is 10.1. The molecule has 4 N–H and O–H groups in total. The Morgan fingerprint density at radius 1 is 1.48 bits per heavy atom. The number of thioether (sulfide) groups is 1. The zero-order valence-electron chi connectivity index (χ0n) is 11.6. The number of hydrogen-bond donors (Lipinski definition) is 4. The molecule has 0 saturated heterocycles. The Hall–Kier alpha value is -1.02. The van der Waals surface area contributed by atoms with Gasteiger partial charge in [0.15, 0.2) is 0 Å². The number of aromatic nitrogens is 1. The van der Waals surface area contributed by atoms with Crippen molar-refractivity contribution in [2.24, 2.45) is 0 Å². The summed E-state index contributed by atoms with van der Waals surface area (Å²) in [6.45, 7) is 5.01. The van der Waals surface area contributed by atoms with E-state index in [9.17, 15) is 15.0 Å². The molecule has 0 aliphatic carbocycles. The van der Waals surface area contributed by atoms with Crippen molar-refractivity contribution in [2.75, 3.05) is 24.6 Å². The highest BCUT2D eigenvalue weighted by Crippen LogP contribution is 2.31. The van der Waals surface area contributed by atoms with Gasteiger partial charge in [-0.3, -0.25) is 4.79 Å². The molecule has 0 fully saturated rings. The van der Waals surface area contributed by atoms with Crippen molar-refractivity contribution in [3.8, 4) is 5.75 Å². The Labute approximate surface area is 131 Å². The lowest BCUT2D eigenvalue weighted by atomic mass is 10.1. The summed E-state index contributed by atoms with van der Waals surface area (Å²) < 4.78 is 0.613. The fourth-order valence-electron chi connectivity index (χ4n) is 2.05. The highest BCUT2D eigenvalue weighted by Gasteiger charge is 2.15. The predicted molar refractivity (Wildman–Crippen MR) is 89.2 cm³/mol. The number of benzene rings is 1. The van der Waals surface area contributed by atoms with E-state index in [0.717, 1.165) is 35.8 Å². The van der Waals surface area contributed by atoms with E-state index < -0.39 is 6.10 Å². The summed E-state index contributed by atoms with van der Waals surface area (Å²) in [5.74, 6) is 1.95. The first kappa shape index (κ1) is 16.4. The Morgan fingerprint density at radius 3 is 3.05 bits per heavy atom. The maximum Gasteiger partial charge on any atom is 0.305 e. The van der Waals surface area contributed by atoms with Crippen LogP contribution in [0.15, 0.2) is 16.9 Å². The van der Waals surface area contributed by atoms with Gasteiger partial charge in [-0.05, 0) is 37.5 Å². The van der Waals surface area contributed by atoms with E-state index in [0.29, 0.717) is 22.3 Å². The number of thiazole rings is 1. The zero-order valence-corrected chi connectivity index (χ0v) is 13.2. The summed E-state index contributed by atoms with van der Waals surface area (Å²) in [4.78, 5) is 13.8. The van der Waals surface area contributed by atoms with Gasteiger partial charge in [0, 0.05) is 12.1 Å². The number of H-pyrrole nitrogens is 1. The normalized spacial score (nSPS) is 12.9. The van der Waals surface area contributed by atoms with E-state index in [1.807, 2.05) is 0 Å². The van der Waals surface area contributed by atoms with E-state index in [-0.39, 0.29) is 10.6 Å². The second-order valence-corrected chi connectivity index (χ2v) is 6.79. The molecule has 5 nitrogen and oxygen atoms in total. The molecule has 2 rings (SSSR count). The topological polar surface area (TPSA) is 85.3 Å². The van der Waals surface area contributed by atoms with Gasteiger partial charge in [0.05, 0.1) is 10.8 Å². The molecular weight excluding hydrogens is 308 g/mol. The van der Waals surface area contributed by atoms with E-state index in [4.69, 9.17) is 0 Å². The number of nitrogens with one attached hydrogen (secondary N) is 2. The maximum absolute atomic E-state index is 11.4. The SMILES string of the molecule is [CH2]CSCCCNC[C@H](O)c1ccc(O)c2[nH]c(=O)sc12. The van der Waals surface area contributed by atoms with Gasteiger partial charge in [0.2, 0.25) is 0 Å². The molecule has 1 heterocycles. The van der Waals surface area contributed by atoms with E-state index in [2.05, 4.69) is 17.2 Å². The first-order valence-electron chi connectivity index (χ1n) is 6.74. The highest BCUT2D eigenvalue weighted by atomic mass is 32.2. The summed E-state index contributed by atoms with van der Waals surface area (Å²) in [7, 11) is 0. The predicted octanol–water partition coefficient (Wildman–Crippen LogP) is 1.88. The summed E-state index contributed by atoms with van der Waals surface area (Å²) in [6.07, 6.45) is 0.315. The molecule has 1 radical (unpaired) electrons. The lowest BCUT2D eigenvalue weighted by Gasteiger charge is -2.13. The van der Waals surface area contributed by atoms with Crippen molar-refractivity contribution in [3.05, 3.63) is 34.3 Å². The third-order valence-electron chi connectivity index (χ3n) is 3.07. The van der Waals surface area contributed by atoms with Gasteiger partial charge >= 0.3 is 4.87 Å². The van der Waals surface area contributed by atoms with Crippen molar-refractivity contribution in [1.82, 2.24) is 10.3 Å². The monoisotopic (exact) mass is 327 g/mol. The number of aromatic hydroxyl groups is 1. The molecule has 0 amide bonds. The van der Waals surface area contributed by atoms with Crippen molar-refractivity contribution in [3.63, 3.8) is 0 Å². The van der Waals surface area contributed by atoms with Gasteiger partial charge in [-0.25, -0.2) is 0 Å². The Balaban J connectivity index is 1.98. The summed E-state index contributed by atoms with van der Waals surface area (Å²) in [5.41, 5.74) is 1.05. The molecule has 7 heteroatoms. The van der Waals surface area contributed by atoms with Crippen LogP contribution in [0.2, 0.25) is 0 Å². The van der Waals surface area contributed by atoms with E-state index >= 15 is 0 Å². The lowest BCUT2D eigenvalue weighted by molar-refractivity contribution is 0.176. The maximum atomic E-state index is 11.4. The molecule has 0 bridgehead atoms. The van der Waals surface area contributed by atoms with Crippen molar-refractivity contribution >= 4 is 33.3 Å². The average molecular weight is 327 g/mol. The number of aliphatic hydroxyl groups is 1. The van der Waals surface area contributed by atoms with Gasteiger partial charge in [-0.15, -0.1) is 0 Å². The standard InChI is InChI=1S/C14H19N2O3S2/c1-2-20-7-3-6-15-8-11(18)9-4-5-10(17)12-13(9)21-14(19)16-12/h4-5,11,15,17-18H,1-3,6-8H2,(H,16,19)/t11-/m0/s1. The molecule has 0 saturated carbocycles. The number of fused-ring (bicyclic) bond motifs is 1. The highest BCUT2D eigenvalue weighted by molar-refractivity contribution is 7.99. The van der Waals surface area contributed by atoms with Crippen LogP contribution in [0, 0.1) is 6.92 Å². The molecule has 1 aromatic heterocycles. The third kappa shape index (κ3) is 4.23. The second kappa shape index (κ2) is 7.84. The number of phenols is 1.